The van der Waals surface area contributed by atoms with Gasteiger partial charge < -0.3 is 15.3 Å². The average Bonchev–Trinajstić information content (AvgIpc) is 2.99. The molecule has 0 bridgehead atoms. The molecule has 1 aliphatic carbocycles. The highest BCUT2D eigenvalue weighted by Crippen LogP contribution is 2.37. The number of rotatable bonds is 4. The molecule has 3 rings (SSSR count). The fraction of sp³-hybridized carbons (Fsp3) is 0.562. The number of aliphatic hydroxyl groups is 1. The van der Waals surface area contributed by atoms with Gasteiger partial charge in [0.05, 0.1) is 6.10 Å². The van der Waals surface area contributed by atoms with Gasteiger partial charge in [-0.3, -0.25) is 4.79 Å². The molecule has 1 aromatic rings. The van der Waals surface area contributed by atoms with Crippen LogP contribution in [0.4, 0.5) is 5.69 Å². The molecule has 3 unspecified atom stereocenters. The predicted molar refractivity (Wildman–Crippen MR) is 83.4 cm³/mol. The highest BCUT2D eigenvalue weighted by molar-refractivity contribution is 6.30. The van der Waals surface area contributed by atoms with Crippen LogP contribution in [0.25, 0.3) is 0 Å². The maximum atomic E-state index is 12.0. The van der Waals surface area contributed by atoms with Crippen LogP contribution in [0.5, 0.6) is 0 Å². The lowest BCUT2D eigenvalue weighted by molar-refractivity contribution is -0.116. The molecule has 1 aliphatic heterocycles. The van der Waals surface area contributed by atoms with Crippen LogP contribution in [0.2, 0.25) is 5.02 Å². The molecule has 1 saturated carbocycles. The van der Waals surface area contributed by atoms with Crippen LogP contribution in [0.3, 0.4) is 0 Å². The molecule has 0 spiro atoms. The number of fused-ring (bicyclic) bond motifs is 1. The first kappa shape index (κ1) is 14.8. The van der Waals surface area contributed by atoms with Gasteiger partial charge in [0.15, 0.2) is 0 Å². The van der Waals surface area contributed by atoms with Crippen LogP contribution >= 0.6 is 11.6 Å². The minimum atomic E-state index is -0.139. The Bertz CT molecular complexity index is 523. The summed E-state index contributed by atoms with van der Waals surface area (Å²) in [6.07, 6.45) is 2.40. The van der Waals surface area contributed by atoms with Crippen molar-refractivity contribution in [2.45, 2.75) is 25.4 Å². The van der Waals surface area contributed by atoms with Gasteiger partial charge in [0.1, 0.15) is 0 Å². The molecule has 21 heavy (non-hydrogen) atoms. The third-order valence-corrected chi connectivity index (χ3v) is 4.89. The maximum Gasteiger partial charge on any atom is 0.225 e. The first-order chi connectivity index (χ1) is 10.1. The molecule has 2 aliphatic rings. The first-order valence-electron chi connectivity index (χ1n) is 7.57. The lowest BCUT2D eigenvalue weighted by atomic mass is 10.00. The molecule has 1 heterocycles. The molecular weight excluding hydrogens is 288 g/mol. The number of carbonyl (C=O) groups is 1. The number of aliphatic hydroxyl groups excluding tert-OH is 1. The zero-order valence-corrected chi connectivity index (χ0v) is 12.7. The van der Waals surface area contributed by atoms with Gasteiger partial charge in [-0.05, 0) is 37.0 Å². The minimum absolute atomic E-state index is 0.00914. The van der Waals surface area contributed by atoms with E-state index < -0.39 is 0 Å². The molecular formula is C16H21ClN2O2. The normalized spacial score (nSPS) is 28.6. The predicted octanol–water partition coefficient (Wildman–Crippen LogP) is 2.37. The van der Waals surface area contributed by atoms with Crippen molar-refractivity contribution in [2.24, 2.45) is 11.8 Å². The molecule has 0 aromatic heterocycles. The van der Waals surface area contributed by atoms with Gasteiger partial charge in [-0.25, -0.2) is 0 Å². The van der Waals surface area contributed by atoms with Gasteiger partial charge in [0.2, 0.25) is 5.91 Å². The number of nitrogens with zero attached hydrogens (tertiary/aromatic N) is 1. The van der Waals surface area contributed by atoms with Crippen molar-refractivity contribution in [3.05, 3.63) is 29.3 Å². The third-order valence-electron chi connectivity index (χ3n) is 4.66. The zero-order valence-electron chi connectivity index (χ0n) is 12.0. The van der Waals surface area contributed by atoms with E-state index in [-0.39, 0.29) is 12.0 Å². The Morgan fingerprint density at radius 3 is 3.00 bits per heavy atom. The standard InChI is InChI=1S/C16H21ClN2O2/c17-12-2-1-3-13(8-12)18-16(21)6-7-19-9-11-4-5-15(20)14(11)10-19/h1-3,8,11,14-15,20H,4-7,9-10H2,(H,18,21). The van der Waals surface area contributed by atoms with Gasteiger partial charge in [0, 0.05) is 42.7 Å². The molecule has 114 valence electrons. The van der Waals surface area contributed by atoms with E-state index in [0.717, 1.165) is 38.2 Å². The third kappa shape index (κ3) is 3.57. The molecule has 1 amide bonds. The molecule has 2 fully saturated rings. The molecule has 0 radical (unpaired) electrons. The van der Waals surface area contributed by atoms with E-state index in [4.69, 9.17) is 11.6 Å². The number of halogens is 1. The second kappa shape index (κ2) is 6.34. The summed E-state index contributed by atoms with van der Waals surface area (Å²) in [5.41, 5.74) is 0.737. The van der Waals surface area contributed by atoms with E-state index in [2.05, 4.69) is 10.2 Å². The van der Waals surface area contributed by atoms with Crippen molar-refractivity contribution in [1.82, 2.24) is 4.90 Å². The van der Waals surface area contributed by atoms with E-state index >= 15 is 0 Å². The summed E-state index contributed by atoms with van der Waals surface area (Å²) < 4.78 is 0. The van der Waals surface area contributed by atoms with Crippen LogP contribution in [-0.2, 0) is 4.79 Å². The number of likely N-dealkylation sites (tertiary alicyclic amines) is 1. The molecule has 1 aromatic carbocycles. The fourth-order valence-electron chi connectivity index (χ4n) is 3.56. The van der Waals surface area contributed by atoms with Crippen LogP contribution < -0.4 is 5.32 Å². The summed E-state index contributed by atoms with van der Waals surface area (Å²) in [5.74, 6) is 1.05. The second-order valence-corrected chi connectivity index (χ2v) is 6.57. The zero-order chi connectivity index (χ0) is 14.8. The average molecular weight is 309 g/mol. The Morgan fingerprint density at radius 2 is 2.24 bits per heavy atom. The highest BCUT2D eigenvalue weighted by atomic mass is 35.5. The largest absolute Gasteiger partial charge is 0.393 e. The molecule has 2 N–H and O–H groups in total. The summed E-state index contributed by atoms with van der Waals surface area (Å²) in [7, 11) is 0. The van der Waals surface area contributed by atoms with Crippen LogP contribution in [0.15, 0.2) is 24.3 Å². The van der Waals surface area contributed by atoms with Crippen molar-refractivity contribution in [2.75, 3.05) is 25.0 Å². The molecule has 5 heteroatoms. The molecule has 4 nitrogen and oxygen atoms in total. The fourth-order valence-corrected chi connectivity index (χ4v) is 3.75. The van der Waals surface area contributed by atoms with E-state index in [1.807, 2.05) is 12.1 Å². The second-order valence-electron chi connectivity index (χ2n) is 6.14. The van der Waals surface area contributed by atoms with Gasteiger partial charge in [0.25, 0.3) is 0 Å². The molecule has 1 saturated heterocycles. The number of anilines is 1. The summed E-state index contributed by atoms with van der Waals surface area (Å²) in [5, 5.41) is 13.4. The van der Waals surface area contributed by atoms with Crippen molar-refractivity contribution in [3.8, 4) is 0 Å². The Kier molecular flexibility index (Phi) is 4.48. The van der Waals surface area contributed by atoms with E-state index in [1.54, 1.807) is 12.1 Å². The van der Waals surface area contributed by atoms with Crippen molar-refractivity contribution >= 4 is 23.2 Å². The summed E-state index contributed by atoms with van der Waals surface area (Å²) in [6.45, 7) is 2.70. The number of carbonyl (C=O) groups excluding carboxylic acids is 1. The Morgan fingerprint density at radius 1 is 1.38 bits per heavy atom. The van der Waals surface area contributed by atoms with Crippen LogP contribution in [0.1, 0.15) is 19.3 Å². The Hall–Kier alpha value is -1.10. The summed E-state index contributed by atoms with van der Waals surface area (Å²) in [6, 6.07) is 7.18. The molecule has 3 atom stereocenters. The van der Waals surface area contributed by atoms with E-state index in [1.165, 1.54) is 0 Å². The smallest absolute Gasteiger partial charge is 0.225 e. The minimum Gasteiger partial charge on any atom is -0.393 e. The highest BCUT2D eigenvalue weighted by Gasteiger charge is 2.41. The van der Waals surface area contributed by atoms with Crippen molar-refractivity contribution in [3.63, 3.8) is 0 Å². The van der Waals surface area contributed by atoms with Crippen LogP contribution in [0, 0.1) is 11.8 Å². The maximum absolute atomic E-state index is 12.0. The van der Waals surface area contributed by atoms with Crippen molar-refractivity contribution < 1.29 is 9.90 Å². The number of hydrogen-bond acceptors (Lipinski definition) is 3. The quantitative estimate of drug-likeness (QED) is 0.898. The lowest BCUT2D eigenvalue weighted by Gasteiger charge is -2.17. The van der Waals surface area contributed by atoms with E-state index in [0.29, 0.717) is 23.3 Å². The summed E-state index contributed by atoms with van der Waals surface area (Å²) >= 11 is 5.89. The first-order valence-corrected chi connectivity index (χ1v) is 7.95. The number of nitrogens with one attached hydrogen (secondary N) is 1. The SMILES string of the molecule is O=C(CCN1CC2CCC(O)C2C1)Nc1cccc(Cl)c1. The Labute approximate surface area is 130 Å². The van der Waals surface area contributed by atoms with Gasteiger partial charge in [-0.2, -0.15) is 0 Å². The van der Waals surface area contributed by atoms with Crippen molar-refractivity contribution in [1.29, 1.82) is 0 Å². The Balaban J connectivity index is 1.44. The van der Waals surface area contributed by atoms with Gasteiger partial charge in [-0.15, -0.1) is 0 Å². The topological polar surface area (TPSA) is 52.6 Å². The number of amides is 1. The lowest BCUT2D eigenvalue weighted by Crippen LogP contribution is -2.28. The number of hydrogen-bond donors (Lipinski definition) is 2. The van der Waals surface area contributed by atoms with E-state index in [9.17, 15) is 9.90 Å². The van der Waals surface area contributed by atoms with Gasteiger partial charge >= 0.3 is 0 Å². The van der Waals surface area contributed by atoms with Crippen LogP contribution in [-0.4, -0.2) is 41.7 Å². The monoisotopic (exact) mass is 308 g/mol. The van der Waals surface area contributed by atoms with Gasteiger partial charge in [-0.1, -0.05) is 17.7 Å². The summed E-state index contributed by atoms with van der Waals surface area (Å²) in [4.78, 5) is 14.3. The number of benzene rings is 1.